The smallest absolute Gasteiger partial charge is 0.221 e. The zero-order chi connectivity index (χ0) is 17.9. The van der Waals surface area contributed by atoms with Gasteiger partial charge >= 0.3 is 0 Å². The standard InChI is InChI=1S/C20H26N2O3/c1-16-3-5-17(6-4-16)15-22-20(23)11-12-21-13-14-25-19-9-7-18(24-2)8-10-19/h3-10,21H,11-15H2,1-2H3,(H,22,23). The van der Waals surface area contributed by atoms with E-state index in [9.17, 15) is 4.79 Å². The minimum atomic E-state index is 0.0455. The number of amides is 1. The maximum atomic E-state index is 11.8. The van der Waals surface area contributed by atoms with Crippen LogP contribution < -0.4 is 20.1 Å². The van der Waals surface area contributed by atoms with Gasteiger partial charge in [-0.3, -0.25) is 4.79 Å². The summed E-state index contributed by atoms with van der Waals surface area (Å²) in [4.78, 5) is 11.8. The molecule has 2 rings (SSSR count). The Kier molecular flexibility index (Phi) is 7.79. The molecule has 0 saturated heterocycles. The molecule has 2 aromatic rings. The van der Waals surface area contributed by atoms with Crippen LogP contribution in [0, 0.1) is 6.92 Å². The first-order valence-corrected chi connectivity index (χ1v) is 8.47. The van der Waals surface area contributed by atoms with Crippen molar-refractivity contribution in [1.29, 1.82) is 0 Å². The van der Waals surface area contributed by atoms with Gasteiger partial charge < -0.3 is 20.1 Å². The second-order valence-corrected chi connectivity index (χ2v) is 5.79. The molecule has 134 valence electrons. The van der Waals surface area contributed by atoms with Gasteiger partial charge in [0.05, 0.1) is 7.11 Å². The molecule has 0 aliphatic carbocycles. The number of rotatable bonds is 10. The van der Waals surface area contributed by atoms with Crippen LogP contribution in [0.4, 0.5) is 0 Å². The van der Waals surface area contributed by atoms with E-state index in [2.05, 4.69) is 10.6 Å². The molecule has 0 aliphatic rings. The van der Waals surface area contributed by atoms with Crippen LogP contribution >= 0.6 is 0 Å². The summed E-state index contributed by atoms with van der Waals surface area (Å²) in [5.74, 6) is 1.66. The largest absolute Gasteiger partial charge is 0.497 e. The fourth-order valence-corrected chi connectivity index (χ4v) is 2.23. The van der Waals surface area contributed by atoms with E-state index in [-0.39, 0.29) is 5.91 Å². The molecule has 0 heterocycles. The molecule has 0 aromatic heterocycles. The number of carbonyl (C=O) groups excluding carboxylic acids is 1. The van der Waals surface area contributed by atoms with Crippen LogP contribution in [0.1, 0.15) is 17.5 Å². The van der Waals surface area contributed by atoms with Crippen molar-refractivity contribution in [2.75, 3.05) is 26.8 Å². The highest BCUT2D eigenvalue weighted by Gasteiger charge is 2.01. The molecule has 1 amide bonds. The van der Waals surface area contributed by atoms with Gasteiger partial charge in [-0.25, -0.2) is 0 Å². The van der Waals surface area contributed by atoms with E-state index in [4.69, 9.17) is 9.47 Å². The molecule has 5 nitrogen and oxygen atoms in total. The van der Waals surface area contributed by atoms with Crippen LogP contribution in [-0.2, 0) is 11.3 Å². The summed E-state index contributed by atoms with van der Waals surface area (Å²) in [6.45, 7) is 4.49. The van der Waals surface area contributed by atoms with Gasteiger partial charge in [0.1, 0.15) is 18.1 Å². The number of methoxy groups -OCH3 is 1. The number of nitrogens with one attached hydrogen (secondary N) is 2. The van der Waals surface area contributed by atoms with Gasteiger partial charge in [0.15, 0.2) is 0 Å². The average molecular weight is 342 g/mol. The normalized spacial score (nSPS) is 10.3. The van der Waals surface area contributed by atoms with Crippen LogP contribution in [0.15, 0.2) is 48.5 Å². The zero-order valence-electron chi connectivity index (χ0n) is 14.9. The predicted octanol–water partition coefficient (Wildman–Crippen LogP) is 2.68. The Morgan fingerprint density at radius 3 is 2.32 bits per heavy atom. The van der Waals surface area contributed by atoms with E-state index in [0.29, 0.717) is 32.7 Å². The molecule has 5 heteroatoms. The lowest BCUT2D eigenvalue weighted by molar-refractivity contribution is -0.121. The Bertz CT molecular complexity index is 639. The van der Waals surface area contributed by atoms with Crippen molar-refractivity contribution in [2.45, 2.75) is 19.9 Å². The van der Waals surface area contributed by atoms with Gasteiger partial charge in [-0.05, 0) is 36.8 Å². The number of ether oxygens (including phenoxy) is 2. The molecule has 0 radical (unpaired) electrons. The van der Waals surface area contributed by atoms with Gasteiger partial charge in [-0.15, -0.1) is 0 Å². The predicted molar refractivity (Wildman–Crippen MR) is 99.0 cm³/mol. The van der Waals surface area contributed by atoms with E-state index in [0.717, 1.165) is 17.1 Å². The Morgan fingerprint density at radius 2 is 1.64 bits per heavy atom. The molecule has 0 aliphatic heterocycles. The van der Waals surface area contributed by atoms with Crippen LogP contribution in [0.2, 0.25) is 0 Å². The zero-order valence-corrected chi connectivity index (χ0v) is 14.9. The molecule has 25 heavy (non-hydrogen) atoms. The highest BCUT2D eigenvalue weighted by Crippen LogP contribution is 2.16. The van der Waals surface area contributed by atoms with Crippen molar-refractivity contribution in [3.05, 3.63) is 59.7 Å². The lowest BCUT2D eigenvalue weighted by atomic mass is 10.1. The van der Waals surface area contributed by atoms with Gasteiger partial charge in [0.2, 0.25) is 5.91 Å². The fraction of sp³-hybridized carbons (Fsp3) is 0.350. The van der Waals surface area contributed by atoms with Crippen molar-refractivity contribution in [2.24, 2.45) is 0 Å². The Morgan fingerprint density at radius 1 is 0.960 bits per heavy atom. The molecule has 2 N–H and O–H groups in total. The second-order valence-electron chi connectivity index (χ2n) is 5.79. The van der Waals surface area contributed by atoms with Crippen molar-refractivity contribution in [1.82, 2.24) is 10.6 Å². The number of carbonyl (C=O) groups is 1. The number of aryl methyl sites for hydroxylation is 1. The SMILES string of the molecule is COc1ccc(OCCNCCC(=O)NCc2ccc(C)cc2)cc1. The molecule has 0 saturated carbocycles. The lowest BCUT2D eigenvalue weighted by Crippen LogP contribution is -2.29. The average Bonchev–Trinajstić information content (AvgIpc) is 2.64. The Hall–Kier alpha value is -2.53. The summed E-state index contributed by atoms with van der Waals surface area (Å²) in [5, 5.41) is 6.13. The summed E-state index contributed by atoms with van der Waals surface area (Å²) >= 11 is 0. The molecule has 0 atom stereocenters. The minimum Gasteiger partial charge on any atom is -0.497 e. The summed E-state index contributed by atoms with van der Waals surface area (Å²) < 4.78 is 10.7. The first-order chi connectivity index (χ1) is 12.2. The van der Waals surface area contributed by atoms with Gasteiger partial charge in [0.25, 0.3) is 0 Å². The van der Waals surface area contributed by atoms with E-state index < -0.39 is 0 Å². The molecule has 0 unspecified atom stereocenters. The Labute approximate surface area is 149 Å². The maximum Gasteiger partial charge on any atom is 0.221 e. The molecular weight excluding hydrogens is 316 g/mol. The minimum absolute atomic E-state index is 0.0455. The van der Waals surface area contributed by atoms with Crippen molar-refractivity contribution in [3.8, 4) is 11.5 Å². The van der Waals surface area contributed by atoms with E-state index in [1.807, 2.05) is 55.5 Å². The topological polar surface area (TPSA) is 59.6 Å². The van der Waals surface area contributed by atoms with Gasteiger partial charge in [0, 0.05) is 26.1 Å². The monoisotopic (exact) mass is 342 g/mol. The third kappa shape index (κ3) is 7.27. The first-order valence-electron chi connectivity index (χ1n) is 8.47. The third-order valence-corrected chi connectivity index (χ3v) is 3.75. The first kappa shape index (κ1) is 18.8. The van der Waals surface area contributed by atoms with Gasteiger partial charge in [-0.2, -0.15) is 0 Å². The van der Waals surface area contributed by atoms with Crippen molar-refractivity contribution < 1.29 is 14.3 Å². The second kappa shape index (κ2) is 10.4. The summed E-state index contributed by atoms with van der Waals surface area (Å²) in [6.07, 6.45) is 0.453. The summed E-state index contributed by atoms with van der Waals surface area (Å²) in [6, 6.07) is 15.6. The van der Waals surface area contributed by atoms with Crippen LogP contribution in [0.5, 0.6) is 11.5 Å². The highest BCUT2D eigenvalue weighted by atomic mass is 16.5. The third-order valence-electron chi connectivity index (χ3n) is 3.75. The number of benzene rings is 2. The lowest BCUT2D eigenvalue weighted by Gasteiger charge is -2.09. The van der Waals surface area contributed by atoms with Crippen molar-refractivity contribution >= 4 is 5.91 Å². The fourth-order valence-electron chi connectivity index (χ4n) is 2.23. The molecule has 0 bridgehead atoms. The van der Waals surface area contributed by atoms with Gasteiger partial charge in [-0.1, -0.05) is 29.8 Å². The quantitative estimate of drug-likeness (QED) is 0.652. The highest BCUT2D eigenvalue weighted by molar-refractivity contribution is 5.76. The molecular formula is C20H26N2O3. The summed E-state index contributed by atoms with van der Waals surface area (Å²) in [5.41, 5.74) is 2.33. The maximum absolute atomic E-state index is 11.8. The van der Waals surface area contributed by atoms with E-state index >= 15 is 0 Å². The van der Waals surface area contributed by atoms with E-state index in [1.165, 1.54) is 5.56 Å². The van der Waals surface area contributed by atoms with Crippen LogP contribution in [0.25, 0.3) is 0 Å². The Balaban J connectivity index is 1.51. The number of hydrogen-bond acceptors (Lipinski definition) is 4. The molecule has 0 spiro atoms. The van der Waals surface area contributed by atoms with Crippen LogP contribution in [-0.4, -0.2) is 32.7 Å². The molecule has 2 aromatic carbocycles. The van der Waals surface area contributed by atoms with Crippen molar-refractivity contribution in [3.63, 3.8) is 0 Å². The number of hydrogen-bond donors (Lipinski definition) is 2. The molecule has 0 fully saturated rings. The van der Waals surface area contributed by atoms with Crippen LogP contribution in [0.3, 0.4) is 0 Å². The summed E-state index contributed by atoms with van der Waals surface area (Å²) in [7, 11) is 1.64. The van der Waals surface area contributed by atoms with E-state index in [1.54, 1.807) is 7.11 Å².